The number of imidazole rings is 1. The van der Waals surface area contributed by atoms with Crippen molar-refractivity contribution in [3.63, 3.8) is 0 Å². The Morgan fingerprint density at radius 2 is 1.86 bits per heavy atom. The van der Waals surface area contributed by atoms with Gasteiger partial charge in [0.05, 0.1) is 12.2 Å². The van der Waals surface area contributed by atoms with Crippen LogP contribution in [0.5, 0.6) is 0 Å². The summed E-state index contributed by atoms with van der Waals surface area (Å²) >= 11 is 5.34. The second kappa shape index (κ2) is 9.14. The van der Waals surface area contributed by atoms with Crippen LogP contribution in [0.2, 0.25) is 0 Å². The Kier molecular flexibility index (Phi) is 6.39. The average Bonchev–Trinajstić information content (AvgIpc) is 3.13. The van der Waals surface area contributed by atoms with Gasteiger partial charge in [0.2, 0.25) is 0 Å². The number of rotatable bonds is 6. The molecule has 0 fully saturated rings. The number of carbonyl (C=O) groups excluding carboxylic acids is 1. The molecule has 0 aliphatic rings. The van der Waals surface area contributed by atoms with E-state index in [4.69, 9.17) is 17.0 Å². The van der Waals surface area contributed by atoms with E-state index in [1.165, 1.54) is 0 Å². The molecule has 0 aliphatic carbocycles. The molecule has 0 unspecified atom stereocenters. The third kappa shape index (κ3) is 4.95. The van der Waals surface area contributed by atoms with Crippen molar-refractivity contribution in [1.29, 1.82) is 0 Å². The lowest BCUT2D eigenvalue weighted by Crippen LogP contribution is -2.27. The van der Waals surface area contributed by atoms with Gasteiger partial charge in [-0.2, -0.15) is 0 Å². The first-order valence-corrected chi connectivity index (χ1v) is 9.39. The second-order valence-electron chi connectivity index (χ2n) is 6.12. The zero-order chi connectivity index (χ0) is 19.9. The maximum Gasteiger partial charge on any atom is 0.338 e. The van der Waals surface area contributed by atoms with Gasteiger partial charge >= 0.3 is 5.97 Å². The largest absolute Gasteiger partial charge is 0.462 e. The highest BCUT2D eigenvalue weighted by Crippen LogP contribution is 2.13. The van der Waals surface area contributed by atoms with E-state index in [0.29, 0.717) is 23.8 Å². The number of nitrogens with zero attached hydrogens (tertiary/aromatic N) is 2. The fourth-order valence-electron chi connectivity index (χ4n) is 2.69. The molecular weight excluding hydrogens is 372 g/mol. The van der Waals surface area contributed by atoms with Gasteiger partial charge in [-0.1, -0.05) is 12.1 Å². The molecule has 0 saturated heterocycles. The second-order valence-corrected chi connectivity index (χ2v) is 6.52. The number of ether oxygens (including phenoxy) is 1. The monoisotopic (exact) mass is 394 g/mol. The van der Waals surface area contributed by atoms with E-state index in [1.807, 2.05) is 17.7 Å². The Morgan fingerprint density at radius 3 is 2.46 bits per heavy atom. The maximum atomic E-state index is 11.7. The first-order chi connectivity index (χ1) is 13.6. The molecule has 2 aromatic carbocycles. The molecule has 7 heteroatoms. The van der Waals surface area contributed by atoms with Crippen LogP contribution in [0.4, 0.5) is 5.69 Å². The van der Waals surface area contributed by atoms with Crippen molar-refractivity contribution < 1.29 is 9.53 Å². The molecule has 0 aliphatic heterocycles. The topological polar surface area (TPSA) is 68.2 Å². The molecule has 0 spiro atoms. The molecule has 0 atom stereocenters. The number of esters is 1. The van der Waals surface area contributed by atoms with Crippen molar-refractivity contribution in [2.75, 3.05) is 11.9 Å². The van der Waals surface area contributed by atoms with E-state index >= 15 is 0 Å². The standard InChI is InChI=1S/C21H22N4O2S/c1-3-27-20(26)17-6-8-18(9-7-17)24-21(28)23-14-16-4-10-19(11-5-16)25-13-12-22-15(25)2/h4-13H,3,14H2,1-2H3,(H2,23,24,28). The van der Waals surface area contributed by atoms with Gasteiger partial charge in [-0.05, 0) is 68.0 Å². The summed E-state index contributed by atoms with van der Waals surface area (Å²) in [6.07, 6.45) is 3.73. The fourth-order valence-corrected chi connectivity index (χ4v) is 2.88. The smallest absolute Gasteiger partial charge is 0.338 e. The van der Waals surface area contributed by atoms with Crippen molar-refractivity contribution in [2.24, 2.45) is 0 Å². The van der Waals surface area contributed by atoms with Gasteiger partial charge in [0.15, 0.2) is 5.11 Å². The third-order valence-electron chi connectivity index (χ3n) is 4.15. The van der Waals surface area contributed by atoms with Crippen LogP contribution in [0.1, 0.15) is 28.7 Å². The zero-order valence-corrected chi connectivity index (χ0v) is 16.6. The van der Waals surface area contributed by atoms with E-state index < -0.39 is 0 Å². The van der Waals surface area contributed by atoms with E-state index in [1.54, 1.807) is 37.4 Å². The summed E-state index contributed by atoms with van der Waals surface area (Å²) < 4.78 is 7.00. The number of aryl methyl sites for hydroxylation is 1. The van der Waals surface area contributed by atoms with Crippen molar-refractivity contribution in [2.45, 2.75) is 20.4 Å². The van der Waals surface area contributed by atoms with Crippen LogP contribution in [-0.2, 0) is 11.3 Å². The molecule has 6 nitrogen and oxygen atoms in total. The highest BCUT2D eigenvalue weighted by atomic mass is 32.1. The van der Waals surface area contributed by atoms with Crippen LogP contribution < -0.4 is 10.6 Å². The van der Waals surface area contributed by atoms with Gasteiger partial charge in [0.1, 0.15) is 5.82 Å². The van der Waals surface area contributed by atoms with Crippen LogP contribution in [0.25, 0.3) is 5.69 Å². The van der Waals surface area contributed by atoms with Crippen LogP contribution in [0.15, 0.2) is 60.9 Å². The third-order valence-corrected chi connectivity index (χ3v) is 4.39. The first-order valence-electron chi connectivity index (χ1n) is 8.98. The summed E-state index contributed by atoms with van der Waals surface area (Å²) in [7, 11) is 0. The molecule has 28 heavy (non-hydrogen) atoms. The fraction of sp³-hybridized carbons (Fsp3) is 0.190. The molecule has 1 aromatic heterocycles. The van der Waals surface area contributed by atoms with E-state index in [9.17, 15) is 4.79 Å². The molecular formula is C21H22N4O2S. The number of nitrogens with one attached hydrogen (secondary N) is 2. The minimum absolute atomic E-state index is 0.330. The van der Waals surface area contributed by atoms with Crippen molar-refractivity contribution in [3.8, 4) is 5.69 Å². The highest BCUT2D eigenvalue weighted by molar-refractivity contribution is 7.80. The van der Waals surface area contributed by atoms with Crippen LogP contribution in [0.3, 0.4) is 0 Å². The Balaban J connectivity index is 1.51. The molecule has 0 radical (unpaired) electrons. The summed E-state index contributed by atoms with van der Waals surface area (Å²) in [5, 5.41) is 6.80. The highest BCUT2D eigenvalue weighted by Gasteiger charge is 2.06. The molecule has 0 amide bonds. The van der Waals surface area contributed by atoms with Gasteiger partial charge in [-0.15, -0.1) is 0 Å². The van der Waals surface area contributed by atoms with Gasteiger partial charge < -0.3 is 19.9 Å². The SMILES string of the molecule is CCOC(=O)c1ccc(NC(=S)NCc2ccc(-n3ccnc3C)cc2)cc1. The summed E-state index contributed by atoms with van der Waals surface area (Å²) in [4.78, 5) is 15.9. The Hall–Kier alpha value is -3.19. The van der Waals surface area contributed by atoms with Crippen molar-refractivity contribution >= 4 is 29.0 Å². The van der Waals surface area contributed by atoms with E-state index in [0.717, 1.165) is 22.8 Å². The number of benzene rings is 2. The summed E-state index contributed by atoms with van der Waals surface area (Å²) in [6, 6.07) is 15.2. The lowest BCUT2D eigenvalue weighted by molar-refractivity contribution is 0.0526. The lowest BCUT2D eigenvalue weighted by Gasteiger charge is -2.12. The maximum absolute atomic E-state index is 11.7. The lowest BCUT2D eigenvalue weighted by atomic mass is 10.2. The van der Waals surface area contributed by atoms with Gasteiger partial charge in [0.25, 0.3) is 0 Å². The predicted octanol–water partition coefficient (Wildman–Crippen LogP) is 3.84. The number of thiocarbonyl (C=S) groups is 1. The normalized spacial score (nSPS) is 10.4. The minimum atomic E-state index is -0.330. The quantitative estimate of drug-likeness (QED) is 0.489. The number of hydrogen-bond acceptors (Lipinski definition) is 4. The Labute approximate surface area is 169 Å². The summed E-state index contributed by atoms with van der Waals surface area (Å²) in [6.45, 7) is 4.72. The molecule has 3 aromatic rings. The van der Waals surface area contributed by atoms with Crippen LogP contribution >= 0.6 is 12.2 Å². The summed E-state index contributed by atoms with van der Waals surface area (Å²) in [5.41, 5.74) is 3.50. The Bertz CT molecular complexity index is 949. The minimum Gasteiger partial charge on any atom is -0.462 e. The van der Waals surface area contributed by atoms with Gasteiger partial charge in [-0.25, -0.2) is 9.78 Å². The van der Waals surface area contributed by atoms with Gasteiger partial charge in [-0.3, -0.25) is 0 Å². The van der Waals surface area contributed by atoms with Crippen molar-refractivity contribution in [3.05, 3.63) is 77.9 Å². The molecule has 144 valence electrons. The number of hydrogen-bond donors (Lipinski definition) is 2. The molecule has 0 saturated carbocycles. The number of anilines is 1. The molecule has 3 rings (SSSR count). The number of aromatic nitrogens is 2. The molecule has 2 N–H and O–H groups in total. The van der Waals surface area contributed by atoms with Crippen LogP contribution in [0, 0.1) is 6.92 Å². The zero-order valence-electron chi connectivity index (χ0n) is 15.8. The molecule has 1 heterocycles. The van der Waals surface area contributed by atoms with Crippen molar-refractivity contribution in [1.82, 2.24) is 14.9 Å². The van der Waals surface area contributed by atoms with Crippen LogP contribution in [-0.4, -0.2) is 27.2 Å². The average molecular weight is 395 g/mol. The Morgan fingerprint density at radius 1 is 1.14 bits per heavy atom. The first kappa shape index (κ1) is 19.6. The van der Waals surface area contributed by atoms with E-state index in [-0.39, 0.29) is 5.97 Å². The predicted molar refractivity (Wildman–Crippen MR) is 114 cm³/mol. The van der Waals surface area contributed by atoms with Gasteiger partial charge in [0, 0.05) is 30.3 Å². The van der Waals surface area contributed by atoms with E-state index in [2.05, 4.69) is 39.9 Å². The number of carbonyl (C=O) groups is 1. The summed E-state index contributed by atoms with van der Waals surface area (Å²) in [5.74, 6) is 0.620. The molecule has 0 bridgehead atoms.